The number of ketones is 1. The van der Waals surface area contributed by atoms with E-state index in [9.17, 15) is 9.59 Å². The summed E-state index contributed by atoms with van der Waals surface area (Å²) in [7, 11) is 0. The number of allylic oxidation sites excluding steroid dienone is 2. The van der Waals surface area contributed by atoms with Crippen LogP contribution in [0.2, 0.25) is 0 Å². The van der Waals surface area contributed by atoms with Gasteiger partial charge in [0.2, 0.25) is 0 Å². The standard InChI is InChI=1S/C21H21NO3/c1-2-25-21(24)20-18(15-9-5-3-6-10-15)13-17(14-19(20)23)22-16-11-7-4-8-12-16/h3-12,14,18,20,22H,2,13H2,1H3. The summed E-state index contributed by atoms with van der Waals surface area (Å²) in [5.74, 6) is -1.68. The highest BCUT2D eigenvalue weighted by molar-refractivity contribution is 6.07. The first-order chi connectivity index (χ1) is 12.2. The highest BCUT2D eigenvalue weighted by Crippen LogP contribution is 2.37. The van der Waals surface area contributed by atoms with Crippen LogP contribution in [0.25, 0.3) is 0 Å². The normalized spacial score (nSPS) is 19.9. The molecular formula is C21H21NO3. The molecule has 0 radical (unpaired) electrons. The van der Waals surface area contributed by atoms with Crippen LogP contribution in [-0.2, 0) is 14.3 Å². The van der Waals surface area contributed by atoms with Gasteiger partial charge in [-0.25, -0.2) is 0 Å². The van der Waals surface area contributed by atoms with Gasteiger partial charge >= 0.3 is 5.97 Å². The second-order valence-corrected chi connectivity index (χ2v) is 6.01. The van der Waals surface area contributed by atoms with E-state index in [0.717, 1.165) is 16.9 Å². The van der Waals surface area contributed by atoms with Crippen LogP contribution in [0.3, 0.4) is 0 Å². The van der Waals surface area contributed by atoms with Crippen molar-refractivity contribution < 1.29 is 14.3 Å². The first-order valence-corrected chi connectivity index (χ1v) is 8.47. The number of hydrogen-bond donors (Lipinski definition) is 1. The van der Waals surface area contributed by atoms with E-state index < -0.39 is 11.9 Å². The van der Waals surface area contributed by atoms with Crippen molar-refractivity contribution in [3.63, 3.8) is 0 Å². The highest BCUT2D eigenvalue weighted by atomic mass is 16.5. The molecule has 25 heavy (non-hydrogen) atoms. The maximum absolute atomic E-state index is 12.7. The first kappa shape index (κ1) is 17.0. The molecule has 3 rings (SSSR count). The number of carbonyl (C=O) groups is 2. The van der Waals surface area contributed by atoms with Crippen molar-refractivity contribution in [2.24, 2.45) is 5.92 Å². The van der Waals surface area contributed by atoms with Gasteiger partial charge in [0.25, 0.3) is 0 Å². The summed E-state index contributed by atoms with van der Waals surface area (Å²) in [5, 5.41) is 3.29. The molecule has 1 aliphatic carbocycles. The molecule has 0 aliphatic heterocycles. The molecule has 1 aliphatic rings. The largest absolute Gasteiger partial charge is 0.465 e. The van der Waals surface area contributed by atoms with Gasteiger partial charge in [-0.2, -0.15) is 0 Å². The summed E-state index contributed by atoms with van der Waals surface area (Å²) < 4.78 is 5.15. The van der Waals surface area contributed by atoms with Gasteiger partial charge in [0.15, 0.2) is 5.78 Å². The topological polar surface area (TPSA) is 55.4 Å². The van der Waals surface area contributed by atoms with Crippen molar-refractivity contribution in [2.75, 3.05) is 11.9 Å². The number of nitrogens with one attached hydrogen (secondary N) is 1. The Morgan fingerprint density at radius 1 is 1.08 bits per heavy atom. The molecular weight excluding hydrogens is 314 g/mol. The van der Waals surface area contributed by atoms with E-state index in [1.165, 1.54) is 6.08 Å². The van der Waals surface area contributed by atoms with Gasteiger partial charge in [0, 0.05) is 23.4 Å². The number of para-hydroxylation sites is 1. The summed E-state index contributed by atoms with van der Waals surface area (Å²) in [4.78, 5) is 25.0. The lowest BCUT2D eigenvalue weighted by atomic mass is 9.76. The first-order valence-electron chi connectivity index (χ1n) is 8.47. The zero-order chi connectivity index (χ0) is 17.6. The minimum absolute atomic E-state index is 0.211. The molecule has 2 aromatic carbocycles. The summed E-state index contributed by atoms with van der Waals surface area (Å²) in [5.41, 5.74) is 2.70. The minimum Gasteiger partial charge on any atom is -0.465 e. The molecule has 0 fully saturated rings. The average Bonchev–Trinajstić information content (AvgIpc) is 2.63. The summed E-state index contributed by atoms with van der Waals surface area (Å²) in [6.45, 7) is 2.02. The highest BCUT2D eigenvalue weighted by Gasteiger charge is 2.39. The number of rotatable bonds is 5. The van der Waals surface area contributed by atoms with E-state index in [0.29, 0.717) is 6.42 Å². The lowest BCUT2D eigenvalue weighted by molar-refractivity contribution is -0.151. The maximum atomic E-state index is 12.7. The molecule has 4 nitrogen and oxygen atoms in total. The third-order valence-corrected chi connectivity index (χ3v) is 4.31. The number of carbonyl (C=O) groups excluding carboxylic acids is 2. The second kappa shape index (κ2) is 7.79. The lowest BCUT2D eigenvalue weighted by Crippen LogP contribution is -2.35. The molecule has 2 atom stereocenters. The number of benzene rings is 2. The molecule has 0 aromatic heterocycles. The minimum atomic E-state index is -0.788. The van der Waals surface area contributed by atoms with Crippen molar-refractivity contribution in [1.29, 1.82) is 0 Å². The van der Waals surface area contributed by atoms with Crippen LogP contribution < -0.4 is 5.32 Å². The number of hydrogen-bond acceptors (Lipinski definition) is 4. The Bertz CT molecular complexity index is 768. The van der Waals surface area contributed by atoms with E-state index in [4.69, 9.17) is 4.74 Å². The van der Waals surface area contributed by atoms with Crippen molar-refractivity contribution in [1.82, 2.24) is 0 Å². The molecule has 1 N–H and O–H groups in total. The van der Waals surface area contributed by atoms with Gasteiger partial charge in [-0.15, -0.1) is 0 Å². The molecule has 0 saturated carbocycles. The van der Waals surface area contributed by atoms with Gasteiger partial charge < -0.3 is 10.1 Å². The van der Waals surface area contributed by atoms with Crippen molar-refractivity contribution in [3.8, 4) is 0 Å². The quantitative estimate of drug-likeness (QED) is 0.665. The SMILES string of the molecule is CCOC(=O)C1C(=O)C=C(Nc2ccccc2)CC1c1ccccc1. The number of ether oxygens (including phenoxy) is 1. The zero-order valence-electron chi connectivity index (χ0n) is 14.1. The van der Waals surface area contributed by atoms with Gasteiger partial charge in [0.05, 0.1) is 6.61 Å². The Morgan fingerprint density at radius 2 is 1.72 bits per heavy atom. The Morgan fingerprint density at radius 3 is 2.36 bits per heavy atom. The Labute approximate surface area is 147 Å². The van der Waals surface area contributed by atoms with Crippen LogP contribution >= 0.6 is 0 Å². The molecule has 0 bridgehead atoms. The Kier molecular flexibility index (Phi) is 5.29. The van der Waals surface area contributed by atoms with E-state index in [-0.39, 0.29) is 18.3 Å². The van der Waals surface area contributed by atoms with Crippen molar-refractivity contribution in [2.45, 2.75) is 19.3 Å². The third kappa shape index (κ3) is 3.97. The fourth-order valence-electron chi connectivity index (χ4n) is 3.19. The Balaban J connectivity index is 1.91. The van der Waals surface area contributed by atoms with Gasteiger partial charge in [-0.1, -0.05) is 48.5 Å². The van der Waals surface area contributed by atoms with Crippen molar-refractivity contribution in [3.05, 3.63) is 78.0 Å². The van der Waals surface area contributed by atoms with E-state index >= 15 is 0 Å². The lowest BCUT2D eigenvalue weighted by Gasteiger charge is -2.29. The van der Waals surface area contributed by atoms with Crippen molar-refractivity contribution >= 4 is 17.4 Å². The predicted octanol–water partition coefficient (Wildman–Crippen LogP) is 3.92. The van der Waals surface area contributed by atoms with Crippen LogP contribution in [0.1, 0.15) is 24.8 Å². The van der Waals surface area contributed by atoms with Crippen LogP contribution in [0.4, 0.5) is 5.69 Å². The molecule has 0 saturated heterocycles. The van der Waals surface area contributed by atoms with Gasteiger partial charge in [-0.05, 0) is 31.0 Å². The predicted molar refractivity (Wildman–Crippen MR) is 97.1 cm³/mol. The van der Waals surface area contributed by atoms with Crippen LogP contribution in [0.15, 0.2) is 72.4 Å². The monoisotopic (exact) mass is 335 g/mol. The molecule has 4 heteroatoms. The zero-order valence-corrected chi connectivity index (χ0v) is 14.1. The number of esters is 1. The second-order valence-electron chi connectivity index (χ2n) is 6.01. The molecule has 2 aromatic rings. The van der Waals surface area contributed by atoms with Gasteiger partial charge in [0.1, 0.15) is 5.92 Å². The molecule has 128 valence electrons. The molecule has 0 spiro atoms. The average molecular weight is 335 g/mol. The van der Waals surface area contributed by atoms with Crippen LogP contribution in [0.5, 0.6) is 0 Å². The fraction of sp³-hybridized carbons (Fsp3) is 0.238. The molecule has 2 unspecified atom stereocenters. The fourth-order valence-corrected chi connectivity index (χ4v) is 3.19. The summed E-state index contributed by atoms with van der Waals surface area (Å²) >= 11 is 0. The number of anilines is 1. The van der Waals surface area contributed by atoms with E-state index in [1.807, 2.05) is 60.7 Å². The molecule has 0 amide bonds. The van der Waals surface area contributed by atoms with Crippen LogP contribution in [-0.4, -0.2) is 18.4 Å². The van der Waals surface area contributed by atoms with E-state index in [1.54, 1.807) is 6.92 Å². The van der Waals surface area contributed by atoms with Crippen LogP contribution in [0, 0.1) is 5.92 Å². The smallest absolute Gasteiger partial charge is 0.317 e. The maximum Gasteiger partial charge on any atom is 0.317 e. The molecule has 0 heterocycles. The summed E-state index contributed by atoms with van der Waals surface area (Å²) in [6.07, 6.45) is 2.11. The third-order valence-electron chi connectivity index (χ3n) is 4.31. The Hall–Kier alpha value is -2.88. The van der Waals surface area contributed by atoms with Gasteiger partial charge in [-0.3, -0.25) is 9.59 Å². The summed E-state index contributed by atoms with van der Waals surface area (Å²) in [6, 6.07) is 19.4. The van der Waals surface area contributed by atoms with E-state index in [2.05, 4.69) is 5.32 Å².